The summed E-state index contributed by atoms with van der Waals surface area (Å²) in [6.45, 7) is 13.3. The molecule has 0 spiro atoms. The van der Waals surface area contributed by atoms with Crippen LogP contribution in [0.25, 0.3) is 0 Å². The van der Waals surface area contributed by atoms with Crippen LogP contribution in [0.4, 0.5) is 0 Å². The number of ether oxygens (including phenoxy) is 2. The average Bonchev–Trinajstić information content (AvgIpc) is 2.25. The molecule has 5 nitrogen and oxygen atoms in total. The monoisotopic (exact) mass is 289 g/mol. The van der Waals surface area contributed by atoms with Crippen LogP contribution in [-0.2, 0) is 9.47 Å². The first-order valence-electron chi connectivity index (χ1n) is 7.31. The second kappa shape index (κ2) is 5.89. The van der Waals surface area contributed by atoms with Crippen molar-refractivity contribution in [2.24, 2.45) is 11.7 Å². The zero-order valence-corrected chi connectivity index (χ0v) is 13.8. The van der Waals surface area contributed by atoms with E-state index in [9.17, 15) is 10.2 Å². The van der Waals surface area contributed by atoms with E-state index in [1.54, 1.807) is 6.92 Å². The van der Waals surface area contributed by atoms with Crippen LogP contribution in [0.5, 0.6) is 0 Å². The van der Waals surface area contributed by atoms with Crippen LogP contribution < -0.4 is 5.73 Å². The zero-order chi connectivity index (χ0) is 15.9. The lowest BCUT2D eigenvalue weighted by Gasteiger charge is -2.48. The molecular weight excluding hydrogens is 258 g/mol. The molecule has 0 aromatic rings. The molecule has 0 unspecified atom stereocenters. The van der Waals surface area contributed by atoms with Crippen LogP contribution >= 0.6 is 0 Å². The minimum absolute atomic E-state index is 0.350. The maximum Gasteiger partial charge on any atom is 0.112 e. The smallest absolute Gasteiger partial charge is 0.112 e. The molecule has 0 amide bonds. The Morgan fingerprint density at radius 2 is 1.20 bits per heavy atom. The number of hydrogen-bond acceptors (Lipinski definition) is 5. The van der Waals surface area contributed by atoms with Gasteiger partial charge in [0.2, 0.25) is 0 Å². The van der Waals surface area contributed by atoms with Gasteiger partial charge in [-0.15, -0.1) is 0 Å². The molecule has 1 aliphatic rings. The molecule has 1 fully saturated rings. The lowest BCUT2D eigenvalue weighted by Crippen LogP contribution is -2.66. The van der Waals surface area contributed by atoms with Gasteiger partial charge in [-0.25, -0.2) is 0 Å². The Balaban J connectivity index is 3.03. The van der Waals surface area contributed by atoms with Gasteiger partial charge in [0.25, 0.3) is 0 Å². The molecule has 1 aliphatic carbocycles. The first-order chi connectivity index (χ1) is 8.83. The highest BCUT2D eigenvalue weighted by atomic mass is 16.6. The summed E-state index contributed by atoms with van der Waals surface area (Å²) < 4.78 is 11.9. The number of hydrogen-bond donors (Lipinski definition) is 3. The summed E-state index contributed by atoms with van der Waals surface area (Å²) in [4.78, 5) is 0. The predicted octanol–water partition coefficient (Wildman–Crippen LogP) is 1.05. The summed E-state index contributed by atoms with van der Waals surface area (Å²) >= 11 is 0. The third-order valence-electron chi connectivity index (χ3n) is 3.49. The molecule has 0 aromatic heterocycles. The molecule has 120 valence electrons. The van der Waals surface area contributed by atoms with Gasteiger partial charge in [0.05, 0.1) is 29.5 Å². The molecule has 0 aromatic carbocycles. The summed E-state index contributed by atoms with van der Waals surface area (Å²) in [5.74, 6) is -0.350. The van der Waals surface area contributed by atoms with Gasteiger partial charge in [0.15, 0.2) is 0 Å². The van der Waals surface area contributed by atoms with E-state index in [0.29, 0.717) is 0 Å². The second-order valence-electron chi connectivity index (χ2n) is 7.81. The number of nitrogens with two attached hydrogens (primary N) is 1. The molecule has 1 saturated carbocycles. The number of rotatable bonds is 2. The highest BCUT2D eigenvalue weighted by Crippen LogP contribution is 2.33. The molecule has 0 radical (unpaired) electrons. The Kier molecular flexibility index (Phi) is 5.26. The SMILES string of the molecule is C[C@@H]1[C@@H](O)[C@H](N)[C@@H](OC(C)(C)C)[C@H](OC(C)(C)C)[C@H]1O. The Hall–Kier alpha value is -0.200. The lowest BCUT2D eigenvalue weighted by atomic mass is 9.77. The fourth-order valence-electron chi connectivity index (χ4n) is 2.56. The first kappa shape index (κ1) is 17.9. The van der Waals surface area contributed by atoms with E-state index in [2.05, 4.69) is 0 Å². The van der Waals surface area contributed by atoms with Crippen molar-refractivity contribution < 1.29 is 19.7 Å². The van der Waals surface area contributed by atoms with Gasteiger partial charge < -0.3 is 25.4 Å². The van der Waals surface area contributed by atoms with Gasteiger partial charge >= 0.3 is 0 Å². The molecule has 0 heterocycles. The summed E-state index contributed by atoms with van der Waals surface area (Å²) in [5.41, 5.74) is 5.27. The van der Waals surface area contributed by atoms with Crippen LogP contribution in [0.2, 0.25) is 0 Å². The van der Waals surface area contributed by atoms with Crippen LogP contribution in [-0.4, -0.2) is 51.9 Å². The van der Waals surface area contributed by atoms with Gasteiger partial charge in [0.1, 0.15) is 12.2 Å². The molecule has 1 rings (SSSR count). The summed E-state index contributed by atoms with van der Waals surface area (Å²) in [6.07, 6.45) is -2.72. The molecular formula is C15H31NO4. The second-order valence-corrected chi connectivity index (χ2v) is 7.81. The third kappa shape index (κ3) is 4.40. The summed E-state index contributed by atoms with van der Waals surface area (Å²) in [7, 11) is 0. The van der Waals surface area contributed by atoms with Gasteiger partial charge in [-0.3, -0.25) is 0 Å². The molecule has 4 N–H and O–H groups in total. The normalized spacial score (nSPS) is 39.9. The van der Waals surface area contributed by atoms with Gasteiger partial charge in [-0.05, 0) is 41.5 Å². The molecule has 6 atom stereocenters. The highest BCUT2D eigenvalue weighted by molar-refractivity contribution is 5.02. The quantitative estimate of drug-likeness (QED) is 0.707. The summed E-state index contributed by atoms with van der Waals surface area (Å²) in [5, 5.41) is 20.6. The maximum absolute atomic E-state index is 10.4. The van der Waals surface area contributed by atoms with E-state index in [-0.39, 0.29) is 5.92 Å². The van der Waals surface area contributed by atoms with E-state index >= 15 is 0 Å². The standard InChI is InChI=1S/C15H31NO4/c1-8-10(17)9(16)12(19-14(2,3)4)13(11(8)18)20-15(5,6)7/h8-13,17-18H,16H2,1-7H3/t8-,9+,10-,11+,12-,13-/m1/s1. The topological polar surface area (TPSA) is 84.9 Å². The number of aliphatic hydroxyl groups excluding tert-OH is 2. The summed E-state index contributed by atoms with van der Waals surface area (Å²) in [6, 6.07) is -0.583. The van der Waals surface area contributed by atoms with E-state index in [4.69, 9.17) is 15.2 Å². The van der Waals surface area contributed by atoms with Crippen LogP contribution in [0.3, 0.4) is 0 Å². The highest BCUT2D eigenvalue weighted by Gasteiger charge is 2.50. The third-order valence-corrected chi connectivity index (χ3v) is 3.49. The minimum Gasteiger partial charge on any atom is -0.391 e. The Morgan fingerprint density at radius 1 is 0.800 bits per heavy atom. The number of aliphatic hydroxyl groups is 2. The van der Waals surface area contributed by atoms with Crippen molar-refractivity contribution in [2.45, 2.75) is 90.1 Å². The molecule has 20 heavy (non-hydrogen) atoms. The van der Waals surface area contributed by atoms with E-state index in [1.807, 2.05) is 41.5 Å². The van der Waals surface area contributed by atoms with E-state index in [1.165, 1.54) is 0 Å². The average molecular weight is 289 g/mol. The zero-order valence-electron chi connectivity index (χ0n) is 13.8. The molecule has 0 aliphatic heterocycles. The first-order valence-corrected chi connectivity index (χ1v) is 7.31. The Bertz CT molecular complexity index is 289. The van der Waals surface area contributed by atoms with Crippen molar-refractivity contribution >= 4 is 0 Å². The van der Waals surface area contributed by atoms with Crippen molar-refractivity contribution in [2.75, 3.05) is 0 Å². The van der Waals surface area contributed by atoms with Crippen LogP contribution in [0, 0.1) is 5.92 Å². The minimum atomic E-state index is -0.809. The fourth-order valence-corrected chi connectivity index (χ4v) is 2.56. The van der Waals surface area contributed by atoms with E-state index in [0.717, 1.165) is 0 Å². The Labute approximate surface area is 122 Å². The van der Waals surface area contributed by atoms with Crippen molar-refractivity contribution in [1.29, 1.82) is 0 Å². The van der Waals surface area contributed by atoms with Crippen LogP contribution in [0.15, 0.2) is 0 Å². The van der Waals surface area contributed by atoms with Crippen molar-refractivity contribution in [3.8, 4) is 0 Å². The lowest BCUT2D eigenvalue weighted by molar-refractivity contribution is -0.239. The van der Waals surface area contributed by atoms with Crippen molar-refractivity contribution in [1.82, 2.24) is 0 Å². The van der Waals surface area contributed by atoms with Crippen molar-refractivity contribution in [3.05, 3.63) is 0 Å². The molecule has 0 bridgehead atoms. The molecule has 0 saturated heterocycles. The van der Waals surface area contributed by atoms with Gasteiger partial charge in [0, 0.05) is 5.92 Å². The maximum atomic E-state index is 10.4. The van der Waals surface area contributed by atoms with Crippen molar-refractivity contribution in [3.63, 3.8) is 0 Å². The predicted molar refractivity (Wildman–Crippen MR) is 78.4 cm³/mol. The van der Waals surface area contributed by atoms with Crippen LogP contribution in [0.1, 0.15) is 48.5 Å². The van der Waals surface area contributed by atoms with E-state index < -0.39 is 41.7 Å². The molecule has 5 heteroatoms. The Morgan fingerprint density at radius 3 is 1.60 bits per heavy atom. The fraction of sp³-hybridized carbons (Fsp3) is 1.00. The van der Waals surface area contributed by atoms with Gasteiger partial charge in [-0.1, -0.05) is 6.92 Å². The van der Waals surface area contributed by atoms with Gasteiger partial charge in [-0.2, -0.15) is 0 Å². The largest absolute Gasteiger partial charge is 0.391 e.